The highest BCUT2D eigenvalue weighted by molar-refractivity contribution is 7.87. The molecule has 2 amide bonds. The molecule has 0 saturated carbocycles. The highest BCUT2D eigenvalue weighted by Crippen LogP contribution is 2.21. The first-order valence-electron chi connectivity index (χ1n) is 15.8. The van der Waals surface area contributed by atoms with Gasteiger partial charge in [-0.15, -0.1) is 0 Å². The van der Waals surface area contributed by atoms with E-state index in [4.69, 9.17) is 8.37 Å². The van der Waals surface area contributed by atoms with Crippen LogP contribution in [0.3, 0.4) is 0 Å². The fourth-order valence-electron chi connectivity index (χ4n) is 4.63. The minimum atomic E-state index is -4.02. The second-order valence-electron chi connectivity index (χ2n) is 11.5. The van der Waals surface area contributed by atoms with Crippen LogP contribution in [0.2, 0.25) is 0 Å². The second kappa shape index (κ2) is 16.7. The number of nitrogens with one attached hydrogen (secondary N) is 2. The summed E-state index contributed by atoms with van der Waals surface area (Å²) in [6.45, 7) is 3.70. The van der Waals surface area contributed by atoms with Gasteiger partial charge in [0.2, 0.25) is 0 Å². The summed E-state index contributed by atoms with van der Waals surface area (Å²) in [7, 11) is -8.04. The van der Waals surface area contributed by atoms with Gasteiger partial charge in [0.1, 0.15) is 27.2 Å². The SMILES string of the molecule is Cc1ccc(S(=O)(=O)Oc2ccc(C=NNC(=O)C(Cc3ccccc3)C(=O)NN=Cc3ccc(OS(=O)(=O)c4ccc(C)cc4)cc3)cc2)cc1. The van der Waals surface area contributed by atoms with Crippen LogP contribution >= 0.6 is 0 Å². The summed E-state index contributed by atoms with van der Waals surface area (Å²) >= 11 is 0. The third-order valence-corrected chi connectivity index (χ3v) is 10.0. The molecule has 14 heteroatoms. The Bertz CT molecular complexity index is 2130. The fraction of sp³-hybridized carbons (Fsp3) is 0.105. The van der Waals surface area contributed by atoms with E-state index >= 15 is 0 Å². The topological polar surface area (TPSA) is 170 Å². The molecule has 52 heavy (non-hydrogen) atoms. The van der Waals surface area contributed by atoms with Crippen molar-refractivity contribution in [2.75, 3.05) is 0 Å². The summed E-state index contributed by atoms with van der Waals surface area (Å²) in [4.78, 5) is 26.4. The van der Waals surface area contributed by atoms with Gasteiger partial charge in [-0.3, -0.25) is 9.59 Å². The molecule has 0 aromatic heterocycles. The molecule has 0 fully saturated rings. The summed E-state index contributed by atoms with van der Waals surface area (Å²) in [5.74, 6) is -2.39. The van der Waals surface area contributed by atoms with E-state index in [0.717, 1.165) is 16.7 Å². The van der Waals surface area contributed by atoms with Gasteiger partial charge in [0.05, 0.1) is 12.4 Å². The van der Waals surface area contributed by atoms with Gasteiger partial charge < -0.3 is 8.37 Å². The lowest BCUT2D eigenvalue weighted by Gasteiger charge is -2.13. The average molecular weight is 739 g/mol. The Hall–Kier alpha value is -6.12. The number of carbonyl (C=O) groups excluding carboxylic acids is 2. The fourth-order valence-corrected chi connectivity index (χ4v) is 6.49. The van der Waals surface area contributed by atoms with E-state index < -0.39 is 38.0 Å². The number of rotatable bonds is 14. The molecule has 0 bridgehead atoms. The van der Waals surface area contributed by atoms with Gasteiger partial charge in [-0.05, 0) is 110 Å². The van der Waals surface area contributed by atoms with Crippen LogP contribution in [0.1, 0.15) is 27.8 Å². The molecule has 0 heterocycles. The number of hydrazone groups is 2. The van der Waals surface area contributed by atoms with E-state index in [9.17, 15) is 26.4 Å². The van der Waals surface area contributed by atoms with Crippen molar-refractivity contribution in [1.29, 1.82) is 0 Å². The zero-order valence-electron chi connectivity index (χ0n) is 28.0. The standard InChI is InChI=1S/C38H34N4O8S2/c1-27-8-20-34(21-9-27)51(45,46)49-32-16-12-30(13-17-32)25-39-41-37(43)36(24-29-6-4-3-5-7-29)38(44)42-40-26-31-14-18-33(19-15-31)50-52(47,48)35-22-10-28(2)11-23-35/h3-23,25-26,36H,24H2,1-2H3,(H,41,43)(H,42,44). The molecule has 0 aliphatic rings. The maximum absolute atomic E-state index is 13.2. The molecular formula is C38H34N4O8S2. The van der Waals surface area contributed by atoms with Gasteiger partial charge >= 0.3 is 20.2 Å². The lowest BCUT2D eigenvalue weighted by molar-refractivity contribution is -0.135. The van der Waals surface area contributed by atoms with Crippen LogP contribution in [0.25, 0.3) is 0 Å². The summed E-state index contributed by atoms with van der Waals surface area (Å²) in [5, 5.41) is 7.95. The first-order valence-corrected chi connectivity index (χ1v) is 18.6. The van der Waals surface area contributed by atoms with Gasteiger partial charge in [-0.25, -0.2) is 10.9 Å². The molecule has 0 spiro atoms. The minimum absolute atomic E-state index is 0.0275. The summed E-state index contributed by atoms with van der Waals surface area (Å²) in [6.07, 6.45) is 2.74. The Morgan fingerprint density at radius 2 is 0.962 bits per heavy atom. The number of benzene rings is 5. The van der Waals surface area contributed by atoms with E-state index in [-0.39, 0.29) is 27.7 Å². The predicted molar refractivity (Wildman–Crippen MR) is 196 cm³/mol. The highest BCUT2D eigenvalue weighted by Gasteiger charge is 2.27. The largest absolute Gasteiger partial charge is 0.379 e. The number of aryl methyl sites for hydroxylation is 2. The Morgan fingerprint density at radius 3 is 1.35 bits per heavy atom. The normalized spacial score (nSPS) is 12.3. The van der Waals surface area contributed by atoms with Crippen molar-refractivity contribution in [3.05, 3.63) is 155 Å². The van der Waals surface area contributed by atoms with Gasteiger partial charge in [0.25, 0.3) is 11.8 Å². The van der Waals surface area contributed by atoms with Crippen LogP contribution in [0, 0.1) is 19.8 Å². The van der Waals surface area contributed by atoms with Gasteiger partial charge in [0.15, 0.2) is 0 Å². The van der Waals surface area contributed by atoms with E-state index in [1.165, 1.54) is 61.0 Å². The quantitative estimate of drug-likeness (QED) is 0.0670. The number of nitrogens with zero attached hydrogens (tertiary/aromatic N) is 2. The van der Waals surface area contributed by atoms with Gasteiger partial charge in [-0.2, -0.15) is 27.0 Å². The lowest BCUT2D eigenvalue weighted by Crippen LogP contribution is -2.39. The smallest absolute Gasteiger partial charge is 0.339 e. The van der Waals surface area contributed by atoms with Crippen molar-refractivity contribution >= 4 is 44.5 Å². The van der Waals surface area contributed by atoms with Crippen molar-refractivity contribution in [1.82, 2.24) is 10.9 Å². The predicted octanol–water partition coefficient (Wildman–Crippen LogP) is 5.30. The maximum Gasteiger partial charge on any atom is 0.339 e. The molecule has 5 aromatic rings. The van der Waals surface area contributed by atoms with Crippen LogP contribution in [0.15, 0.2) is 147 Å². The number of hydrogen-bond donors (Lipinski definition) is 2. The Kier molecular flexibility index (Phi) is 11.9. The summed E-state index contributed by atoms with van der Waals surface area (Å²) < 4.78 is 60.7. The second-order valence-corrected chi connectivity index (χ2v) is 14.6. The first kappa shape index (κ1) is 37.1. The monoisotopic (exact) mass is 738 g/mol. The van der Waals surface area contributed by atoms with Crippen molar-refractivity contribution in [2.45, 2.75) is 30.1 Å². The van der Waals surface area contributed by atoms with E-state index in [2.05, 4.69) is 21.1 Å². The van der Waals surface area contributed by atoms with E-state index in [1.54, 1.807) is 72.8 Å². The first-order chi connectivity index (χ1) is 24.9. The van der Waals surface area contributed by atoms with Crippen LogP contribution in [0.5, 0.6) is 11.5 Å². The zero-order chi connectivity index (χ0) is 37.1. The molecule has 0 atom stereocenters. The lowest BCUT2D eigenvalue weighted by atomic mass is 9.98. The Labute approximate surface area is 302 Å². The number of carbonyl (C=O) groups is 2. The highest BCUT2D eigenvalue weighted by atomic mass is 32.2. The molecule has 266 valence electrons. The van der Waals surface area contributed by atoms with Crippen LogP contribution < -0.4 is 19.2 Å². The van der Waals surface area contributed by atoms with Crippen LogP contribution in [0.4, 0.5) is 0 Å². The summed E-state index contributed by atoms with van der Waals surface area (Å²) in [6, 6.07) is 33.5. The third-order valence-electron chi connectivity index (χ3n) is 7.48. The Balaban J connectivity index is 1.18. The molecule has 0 saturated heterocycles. The molecule has 12 nitrogen and oxygen atoms in total. The minimum Gasteiger partial charge on any atom is -0.379 e. The molecule has 5 aromatic carbocycles. The molecule has 5 rings (SSSR count). The van der Waals surface area contributed by atoms with E-state index in [1.807, 2.05) is 19.9 Å². The van der Waals surface area contributed by atoms with Crippen molar-refractivity contribution in [3.63, 3.8) is 0 Å². The molecular weight excluding hydrogens is 705 g/mol. The van der Waals surface area contributed by atoms with Crippen molar-refractivity contribution in [3.8, 4) is 11.5 Å². The van der Waals surface area contributed by atoms with Crippen LogP contribution in [-0.4, -0.2) is 41.1 Å². The number of hydrogen-bond acceptors (Lipinski definition) is 10. The average Bonchev–Trinajstić information content (AvgIpc) is 3.12. The van der Waals surface area contributed by atoms with Crippen molar-refractivity contribution in [2.24, 2.45) is 16.1 Å². The molecule has 0 radical (unpaired) electrons. The number of amides is 2. The Morgan fingerprint density at radius 1 is 0.577 bits per heavy atom. The van der Waals surface area contributed by atoms with Gasteiger partial charge in [0, 0.05) is 0 Å². The van der Waals surface area contributed by atoms with Crippen LogP contribution in [-0.2, 0) is 36.2 Å². The molecule has 0 aliphatic carbocycles. The van der Waals surface area contributed by atoms with E-state index in [0.29, 0.717) is 11.1 Å². The molecule has 2 N–H and O–H groups in total. The third kappa shape index (κ3) is 10.4. The van der Waals surface area contributed by atoms with Gasteiger partial charge in [-0.1, -0.05) is 65.7 Å². The van der Waals surface area contributed by atoms with Crippen molar-refractivity contribution < 1.29 is 34.8 Å². The zero-order valence-corrected chi connectivity index (χ0v) is 29.7. The molecule has 0 unspecified atom stereocenters. The summed E-state index contributed by atoms with van der Waals surface area (Å²) in [5.41, 5.74) is 8.39. The maximum atomic E-state index is 13.2. The molecule has 0 aliphatic heterocycles.